The molecule has 5 nitrogen and oxygen atoms in total. The first-order valence-corrected chi connectivity index (χ1v) is 8.06. The van der Waals surface area contributed by atoms with Gasteiger partial charge in [-0.15, -0.1) is 11.3 Å². The first-order valence-electron chi connectivity index (χ1n) is 7.18. The molecule has 1 aromatic carbocycles. The van der Waals surface area contributed by atoms with Gasteiger partial charge < -0.3 is 15.3 Å². The van der Waals surface area contributed by atoms with Gasteiger partial charge in [-0.2, -0.15) is 0 Å². The molecule has 0 aliphatic rings. The Kier molecular flexibility index (Phi) is 5.51. The molecule has 1 unspecified atom stereocenters. The summed E-state index contributed by atoms with van der Waals surface area (Å²) >= 11 is 1.59. The van der Waals surface area contributed by atoms with Crippen molar-refractivity contribution >= 4 is 23.1 Å². The van der Waals surface area contributed by atoms with E-state index in [1.54, 1.807) is 30.2 Å². The fourth-order valence-corrected chi connectivity index (χ4v) is 2.71. The molecule has 6 heteroatoms. The van der Waals surface area contributed by atoms with Crippen LogP contribution in [0, 0.1) is 6.92 Å². The number of anilines is 1. The molecule has 0 saturated carbocycles. The third-order valence-electron chi connectivity index (χ3n) is 3.21. The Morgan fingerprint density at radius 1 is 1.50 bits per heavy atom. The molecule has 118 valence electrons. The van der Waals surface area contributed by atoms with Gasteiger partial charge in [0.1, 0.15) is 5.01 Å². The van der Waals surface area contributed by atoms with E-state index >= 15 is 0 Å². The zero-order valence-electron chi connectivity index (χ0n) is 13.0. The summed E-state index contributed by atoms with van der Waals surface area (Å²) in [7, 11) is 1.71. The van der Waals surface area contributed by atoms with Crippen LogP contribution in [-0.2, 0) is 0 Å². The lowest BCUT2D eigenvalue weighted by atomic mass is 10.2. The molecule has 0 radical (unpaired) electrons. The molecular weight excluding hydrogens is 298 g/mol. The summed E-state index contributed by atoms with van der Waals surface area (Å²) in [6.45, 7) is 4.18. The van der Waals surface area contributed by atoms with Gasteiger partial charge in [-0.3, -0.25) is 0 Å². The number of aliphatic hydroxyl groups excluding tert-OH is 1. The Morgan fingerprint density at radius 3 is 2.91 bits per heavy atom. The van der Waals surface area contributed by atoms with Gasteiger partial charge in [-0.25, -0.2) is 9.78 Å². The molecule has 2 N–H and O–H groups in total. The molecule has 2 aromatic rings. The molecule has 2 amide bonds. The lowest BCUT2D eigenvalue weighted by Gasteiger charge is -2.18. The molecule has 2 rings (SSSR count). The molecule has 1 heterocycles. The second-order valence-electron chi connectivity index (χ2n) is 5.36. The quantitative estimate of drug-likeness (QED) is 0.888. The predicted octanol–water partition coefficient (Wildman–Crippen LogP) is 3.35. The predicted molar refractivity (Wildman–Crippen MR) is 90.2 cm³/mol. The first-order chi connectivity index (χ1) is 10.5. The number of aromatic nitrogens is 1. The summed E-state index contributed by atoms with van der Waals surface area (Å²) in [6.07, 6.45) is 0.147. The number of carbonyl (C=O) groups excluding carboxylic acids is 1. The highest BCUT2D eigenvalue weighted by molar-refractivity contribution is 7.13. The third-order valence-corrected chi connectivity index (χ3v) is 4.22. The third kappa shape index (κ3) is 4.54. The van der Waals surface area contributed by atoms with Gasteiger partial charge in [-0.05, 0) is 32.4 Å². The Hall–Kier alpha value is -1.92. The SMILES string of the molecule is Cc1csc(-c2cccc(NC(=O)N(C)CCC(C)O)c2)n1. The Morgan fingerprint density at radius 2 is 2.27 bits per heavy atom. The number of thiazole rings is 1. The first kappa shape index (κ1) is 16.5. The second-order valence-corrected chi connectivity index (χ2v) is 6.22. The average Bonchev–Trinajstić information content (AvgIpc) is 2.91. The van der Waals surface area contributed by atoms with E-state index in [9.17, 15) is 9.90 Å². The molecule has 0 spiro atoms. The lowest BCUT2D eigenvalue weighted by Crippen LogP contribution is -2.33. The smallest absolute Gasteiger partial charge is 0.321 e. The highest BCUT2D eigenvalue weighted by Crippen LogP contribution is 2.25. The van der Waals surface area contributed by atoms with Gasteiger partial charge in [0.15, 0.2) is 0 Å². The molecule has 1 aromatic heterocycles. The van der Waals surface area contributed by atoms with E-state index in [0.29, 0.717) is 13.0 Å². The molecule has 1 atom stereocenters. The number of benzene rings is 1. The number of nitrogens with one attached hydrogen (secondary N) is 1. The van der Waals surface area contributed by atoms with Crippen molar-refractivity contribution in [2.75, 3.05) is 18.9 Å². The van der Waals surface area contributed by atoms with Crippen LogP contribution in [0.25, 0.3) is 10.6 Å². The fraction of sp³-hybridized carbons (Fsp3) is 0.375. The minimum Gasteiger partial charge on any atom is -0.393 e. The van der Waals surface area contributed by atoms with Crippen LogP contribution in [-0.4, -0.2) is 40.7 Å². The minimum atomic E-state index is -0.410. The number of urea groups is 1. The van der Waals surface area contributed by atoms with Crippen molar-refractivity contribution in [1.82, 2.24) is 9.88 Å². The van der Waals surface area contributed by atoms with Crippen LogP contribution in [0.4, 0.5) is 10.5 Å². The highest BCUT2D eigenvalue weighted by Gasteiger charge is 2.10. The summed E-state index contributed by atoms with van der Waals surface area (Å²) in [5, 5.41) is 15.1. The maximum atomic E-state index is 12.1. The summed E-state index contributed by atoms with van der Waals surface area (Å²) in [6, 6.07) is 7.46. The molecule has 0 bridgehead atoms. The number of hydrogen-bond donors (Lipinski definition) is 2. The van der Waals surface area contributed by atoms with Crippen LogP contribution >= 0.6 is 11.3 Å². The van der Waals surface area contributed by atoms with Crippen LogP contribution < -0.4 is 5.32 Å². The number of nitrogens with zero attached hydrogens (tertiary/aromatic N) is 2. The number of aliphatic hydroxyl groups is 1. The summed E-state index contributed by atoms with van der Waals surface area (Å²) in [4.78, 5) is 18.1. The van der Waals surface area contributed by atoms with Crippen molar-refractivity contribution in [3.05, 3.63) is 35.3 Å². The lowest BCUT2D eigenvalue weighted by molar-refractivity contribution is 0.167. The molecule has 0 saturated heterocycles. The zero-order chi connectivity index (χ0) is 16.1. The summed E-state index contributed by atoms with van der Waals surface area (Å²) in [5.74, 6) is 0. The van der Waals surface area contributed by atoms with Crippen molar-refractivity contribution < 1.29 is 9.90 Å². The van der Waals surface area contributed by atoms with Crippen molar-refractivity contribution in [3.63, 3.8) is 0 Å². The van der Waals surface area contributed by atoms with Crippen LogP contribution in [0.3, 0.4) is 0 Å². The highest BCUT2D eigenvalue weighted by atomic mass is 32.1. The van der Waals surface area contributed by atoms with E-state index in [2.05, 4.69) is 10.3 Å². The Bertz CT molecular complexity index is 640. The number of aryl methyl sites for hydroxylation is 1. The maximum absolute atomic E-state index is 12.1. The van der Waals surface area contributed by atoms with E-state index in [1.165, 1.54) is 0 Å². The van der Waals surface area contributed by atoms with Gasteiger partial charge in [0.25, 0.3) is 0 Å². The maximum Gasteiger partial charge on any atom is 0.321 e. The number of rotatable bonds is 5. The molecule has 0 aliphatic heterocycles. The normalized spacial score (nSPS) is 12.0. The minimum absolute atomic E-state index is 0.187. The molecular formula is C16H21N3O2S. The van der Waals surface area contributed by atoms with Crippen molar-refractivity contribution in [1.29, 1.82) is 0 Å². The summed E-state index contributed by atoms with van der Waals surface area (Å²) < 4.78 is 0. The van der Waals surface area contributed by atoms with Crippen molar-refractivity contribution in [2.45, 2.75) is 26.4 Å². The van der Waals surface area contributed by atoms with E-state index < -0.39 is 6.10 Å². The molecule has 0 fully saturated rings. The van der Waals surface area contributed by atoms with Crippen LogP contribution in [0.15, 0.2) is 29.6 Å². The van der Waals surface area contributed by atoms with Gasteiger partial charge in [-0.1, -0.05) is 12.1 Å². The topological polar surface area (TPSA) is 65.5 Å². The number of hydrogen-bond acceptors (Lipinski definition) is 4. The van der Waals surface area contributed by atoms with E-state index in [0.717, 1.165) is 22.0 Å². The zero-order valence-corrected chi connectivity index (χ0v) is 13.9. The van der Waals surface area contributed by atoms with E-state index in [4.69, 9.17) is 0 Å². The van der Waals surface area contributed by atoms with Gasteiger partial charge in [0, 0.05) is 35.9 Å². The van der Waals surface area contributed by atoms with Crippen LogP contribution in [0.1, 0.15) is 19.0 Å². The van der Waals surface area contributed by atoms with Crippen LogP contribution in [0.2, 0.25) is 0 Å². The molecule has 0 aliphatic carbocycles. The average molecular weight is 319 g/mol. The summed E-state index contributed by atoms with van der Waals surface area (Å²) in [5.41, 5.74) is 2.72. The van der Waals surface area contributed by atoms with E-state index in [1.807, 2.05) is 36.6 Å². The van der Waals surface area contributed by atoms with Crippen molar-refractivity contribution in [3.8, 4) is 10.6 Å². The molecule has 22 heavy (non-hydrogen) atoms. The standard InChI is InChI=1S/C16H21N3O2S/c1-11-10-22-15(17-11)13-5-4-6-14(9-13)18-16(21)19(3)8-7-12(2)20/h4-6,9-10,12,20H,7-8H2,1-3H3,(H,18,21). The number of amides is 2. The van der Waals surface area contributed by atoms with Gasteiger partial charge in [0.2, 0.25) is 0 Å². The number of carbonyl (C=O) groups is 1. The van der Waals surface area contributed by atoms with Crippen molar-refractivity contribution in [2.24, 2.45) is 0 Å². The Balaban J connectivity index is 2.02. The fourth-order valence-electron chi connectivity index (χ4n) is 1.92. The monoisotopic (exact) mass is 319 g/mol. The van der Waals surface area contributed by atoms with Crippen LogP contribution in [0.5, 0.6) is 0 Å². The Labute approximate surface area is 134 Å². The van der Waals surface area contributed by atoms with Gasteiger partial charge >= 0.3 is 6.03 Å². The van der Waals surface area contributed by atoms with E-state index in [-0.39, 0.29) is 6.03 Å². The largest absolute Gasteiger partial charge is 0.393 e. The second kappa shape index (κ2) is 7.38. The van der Waals surface area contributed by atoms with Gasteiger partial charge in [0.05, 0.1) is 6.10 Å².